The van der Waals surface area contributed by atoms with Crippen LogP contribution in [-0.2, 0) is 0 Å². The molecule has 86 valence electrons. The van der Waals surface area contributed by atoms with Gasteiger partial charge in [-0.1, -0.05) is 23.7 Å². The van der Waals surface area contributed by atoms with Gasteiger partial charge in [-0.2, -0.15) is 0 Å². The fourth-order valence-electron chi connectivity index (χ4n) is 1.47. The van der Waals surface area contributed by atoms with E-state index in [1.165, 1.54) is 12.3 Å². The largest absolute Gasteiger partial charge is 0.478 e. The van der Waals surface area contributed by atoms with Gasteiger partial charge in [0.05, 0.1) is 0 Å². The van der Waals surface area contributed by atoms with Crippen molar-refractivity contribution in [2.24, 2.45) is 0 Å². The molecule has 17 heavy (non-hydrogen) atoms. The highest BCUT2D eigenvalue weighted by molar-refractivity contribution is 6.30. The molecule has 1 aromatic carbocycles. The highest BCUT2D eigenvalue weighted by Gasteiger charge is 2.10. The Morgan fingerprint density at radius 3 is 2.71 bits per heavy atom. The number of aromatic carboxylic acids is 1. The molecule has 0 atom stereocenters. The molecule has 0 saturated heterocycles. The summed E-state index contributed by atoms with van der Waals surface area (Å²) in [6.45, 7) is 0. The van der Waals surface area contributed by atoms with Crippen LogP contribution in [0.25, 0.3) is 11.1 Å². The smallest absolute Gasteiger partial charge is 0.339 e. The van der Waals surface area contributed by atoms with Crippen LogP contribution in [0.2, 0.25) is 5.02 Å². The number of nitrogens with zero attached hydrogens (tertiary/aromatic N) is 1. The first kappa shape index (κ1) is 11.4. The van der Waals surface area contributed by atoms with Crippen LogP contribution in [0.1, 0.15) is 10.4 Å². The normalized spacial score (nSPS) is 10.2. The van der Waals surface area contributed by atoms with E-state index in [4.69, 9.17) is 22.4 Å². The lowest BCUT2D eigenvalue weighted by Gasteiger charge is -2.05. The quantitative estimate of drug-likeness (QED) is 0.857. The van der Waals surface area contributed by atoms with Crippen LogP contribution >= 0.6 is 11.6 Å². The van der Waals surface area contributed by atoms with Crippen molar-refractivity contribution < 1.29 is 9.90 Å². The van der Waals surface area contributed by atoms with Crippen LogP contribution in [-0.4, -0.2) is 16.1 Å². The van der Waals surface area contributed by atoms with Gasteiger partial charge < -0.3 is 10.8 Å². The molecule has 1 aromatic heterocycles. The maximum Gasteiger partial charge on any atom is 0.339 e. The lowest BCUT2D eigenvalue weighted by molar-refractivity contribution is 0.0698. The molecule has 3 N–H and O–H groups in total. The zero-order valence-electron chi connectivity index (χ0n) is 8.72. The molecule has 2 aromatic rings. The number of halogens is 1. The summed E-state index contributed by atoms with van der Waals surface area (Å²) >= 11 is 5.87. The maximum atomic E-state index is 10.9. The number of pyridine rings is 1. The van der Waals surface area contributed by atoms with Gasteiger partial charge in [0, 0.05) is 16.8 Å². The number of nitrogen functional groups attached to an aromatic ring is 1. The zero-order chi connectivity index (χ0) is 12.4. The molecule has 0 fully saturated rings. The SMILES string of the molecule is Nc1ncc(-c2cccc(Cl)c2)cc1C(=O)O. The fourth-order valence-corrected chi connectivity index (χ4v) is 1.66. The molecule has 0 unspecified atom stereocenters. The van der Waals surface area contributed by atoms with Crippen molar-refractivity contribution in [2.45, 2.75) is 0 Å². The number of carbonyl (C=O) groups is 1. The van der Waals surface area contributed by atoms with E-state index in [0.29, 0.717) is 10.6 Å². The number of rotatable bonds is 2. The Balaban J connectivity index is 2.54. The van der Waals surface area contributed by atoms with Crippen molar-refractivity contribution >= 4 is 23.4 Å². The summed E-state index contributed by atoms with van der Waals surface area (Å²) < 4.78 is 0. The van der Waals surface area contributed by atoms with Gasteiger partial charge >= 0.3 is 5.97 Å². The van der Waals surface area contributed by atoms with Gasteiger partial charge in [-0.3, -0.25) is 0 Å². The summed E-state index contributed by atoms with van der Waals surface area (Å²) in [6.07, 6.45) is 1.52. The molecule has 0 spiro atoms. The van der Waals surface area contributed by atoms with E-state index in [-0.39, 0.29) is 11.4 Å². The first-order valence-electron chi connectivity index (χ1n) is 4.82. The first-order valence-corrected chi connectivity index (χ1v) is 5.20. The van der Waals surface area contributed by atoms with Crippen LogP contribution < -0.4 is 5.73 Å². The third-order valence-corrected chi connectivity index (χ3v) is 2.54. The minimum atomic E-state index is -1.10. The van der Waals surface area contributed by atoms with Crippen LogP contribution in [0.4, 0.5) is 5.82 Å². The average molecular weight is 249 g/mol. The van der Waals surface area contributed by atoms with Gasteiger partial charge in [0.25, 0.3) is 0 Å². The number of anilines is 1. The molecule has 0 amide bonds. The standard InChI is InChI=1S/C12H9ClN2O2/c13-9-3-1-2-7(4-9)8-5-10(12(16)17)11(14)15-6-8/h1-6H,(H2,14,15)(H,16,17). The molecule has 0 aliphatic carbocycles. The summed E-state index contributed by atoms with van der Waals surface area (Å²) in [4.78, 5) is 14.8. The van der Waals surface area contributed by atoms with E-state index in [2.05, 4.69) is 4.98 Å². The number of hydrogen-bond acceptors (Lipinski definition) is 3. The molecule has 1 heterocycles. The molecule has 0 aliphatic rings. The molecule has 5 heteroatoms. The van der Waals surface area contributed by atoms with Crippen molar-refractivity contribution in [2.75, 3.05) is 5.73 Å². The number of nitrogens with two attached hydrogens (primary N) is 1. The van der Waals surface area contributed by atoms with Crippen molar-refractivity contribution in [1.29, 1.82) is 0 Å². The summed E-state index contributed by atoms with van der Waals surface area (Å²) in [7, 11) is 0. The molecular weight excluding hydrogens is 240 g/mol. The minimum absolute atomic E-state index is 0.00304. The molecular formula is C12H9ClN2O2. The Morgan fingerprint density at radius 2 is 2.06 bits per heavy atom. The summed E-state index contributed by atoms with van der Waals surface area (Å²) in [5.74, 6) is -1.10. The summed E-state index contributed by atoms with van der Waals surface area (Å²) in [5.41, 5.74) is 6.93. The average Bonchev–Trinajstić information content (AvgIpc) is 2.29. The number of aromatic nitrogens is 1. The highest BCUT2D eigenvalue weighted by Crippen LogP contribution is 2.24. The van der Waals surface area contributed by atoms with Crippen LogP contribution in [0.3, 0.4) is 0 Å². The van der Waals surface area contributed by atoms with Crippen LogP contribution in [0.5, 0.6) is 0 Å². The predicted molar refractivity (Wildman–Crippen MR) is 66.1 cm³/mol. The molecule has 0 aliphatic heterocycles. The van der Waals surface area contributed by atoms with Crippen molar-refractivity contribution in [3.8, 4) is 11.1 Å². The Hall–Kier alpha value is -2.07. The van der Waals surface area contributed by atoms with Gasteiger partial charge in [0.2, 0.25) is 0 Å². The fraction of sp³-hybridized carbons (Fsp3) is 0. The number of hydrogen-bond donors (Lipinski definition) is 2. The molecule has 0 bridgehead atoms. The van der Waals surface area contributed by atoms with E-state index < -0.39 is 5.97 Å². The van der Waals surface area contributed by atoms with Crippen molar-refractivity contribution in [1.82, 2.24) is 4.98 Å². The van der Waals surface area contributed by atoms with Gasteiger partial charge in [-0.15, -0.1) is 0 Å². The summed E-state index contributed by atoms with van der Waals surface area (Å²) in [5, 5.41) is 9.53. The second-order valence-electron chi connectivity index (χ2n) is 3.47. The third kappa shape index (κ3) is 2.37. The monoisotopic (exact) mass is 248 g/mol. The lowest BCUT2D eigenvalue weighted by Crippen LogP contribution is -2.04. The number of benzene rings is 1. The van der Waals surface area contributed by atoms with E-state index in [1.807, 2.05) is 6.07 Å². The van der Waals surface area contributed by atoms with Gasteiger partial charge in [-0.25, -0.2) is 9.78 Å². The van der Waals surface area contributed by atoms with Crippen LogP contribution in [0.15, 0.2) is 36.5 Å². The van der Waals surface area contributed by atoms with E-state index in [9.17, 15) is 4.79 Å². The van der Waals surface area contributed by atoms with E-state index >= 15 is 0 Å². The lowest BCUT2D eigenvalue weighted by atomic mass is 10.1. The second kappa shape index (κ2) is 4.43. The Labute approximate surface area is 103 Å². The molecule has 2 rings (SSSR count). The Morgan fingerprint density at radius 1 is 1.29 bits per heavy atom. The number of carboxylic acids is 1. The summed E-state index contributed by atoms with van der Waals surface area (Å²) in [6, 6.07) is 8.57. The maximum absolute atomic E-state index is 10.9. The Bertz CT molecular complexity index is 584. The molecule has 0 radical (unpaired) electrons. The molecule has 4 nitrogen and oxygen atoms in total. The van der Waals surface area contributed by atoms with Crippen LogP contribution in [0, 0.1) is 0 Å². The minimum Gasteiger partial charge on any atom is -0.478 e. The van der Waals surface area contributed by atoms with Crippen molar-refractivity contribution in [3.05, 3.63) is 47.1 Å². The van der Waals surface area contributed by atoms with Gasteiger partial charge in [0.1, 0.15) is 11.4 Å². The predicted octanol–water partition coefficient (Wildman–Crippen LogP) is 2.68. The topological polar surface area (TPSA) is 76.2 Å². The van der Waals surface area contributed by atoms with E-state index in [0.717, 1.165) is 5.56 Å². The van der Waals surface area contributed by atoms with E-state index in [1.54, 1.807) is 18.2 Å². The highest BCUT2D eigenvalue weighted by atomic mass is 35.5. The Kier molecular flexibility index (Phi) is 2.97. The number of carboxylic acid groups (broad SMARTS) is 1. The molecule has 0 saturated carbocycles. The van der Waals surface area contributed by atoms with Gasteiger partial charge in [0.15, 0.2) is 0 Å². The second-order valence-corrected chi connectivity index (χ2v) is 3.91. The van der Waals surface area contributed by atoms with Gasteiger partial charge in [-0.05, 0) is 23.8 Å². The first-order chi connectivity index (χ1) is 8.08. The third-order valence-electron chi connectivity index (χ3n) is 2.31. The van der Waals surface area contributed by atoms with Crippen molar-refractivity contribution in [3.63, 3.8) is 0 Å². The zero-order valence-corrected chi connectivity index (χ0v) is 9.48.